The first-order valence-electron chi connectivity index (χ1n) is 7.04. The fourth-order valence-electron chi connectivity index (χ4n) is 2.54. The van der Waals surface area contributed by atoms with E-state index in [9.17, 15) is 0 Å². The molecule has 1 aromatic heterocycles. The Bertz CT molecular complexity index is 564. The van der Waals surface area contributed by atoms with Gasteiger partial charge in [0.05, 0.1) is 6.54 Å². The molecule has 0 radical (unpaired) electrons. The minimum Gasteiger partial charge on any atom is -0.334 e. The zero-order valence-corrected chi connectivity index (χ0v) is 12.0. The molecule has 2 aromatic rings. The minimum absolute atomic E-state index is 0.582. The molecule has 1 saturated heterocycles. The Hall–Kier alpha value is -1.72. The largest absolute Gasteiger partial charge is 0.334 e. The van der Waals surface area contributed by atoms with Crippen molar-refractivity contribution in [2.75, 3.05) is 20.1 Å². The molecule has 1 aromatic carbocycles. The highest BCUT2D eigenvalue weighted by molar-refractivity contribution is 5.53. The van der Waals surface area contributed by atoms with Crippen molar-refractivity contribution < 1.29 is 4.52 Å². The minimum atomic E-state index is 0.582. The van der Waals surface area contributed by atoms with Gasteiger partial charge in [-0.25, -0.2) is 0 Å². The van der Waals surface area contributed by atoms with E-state index < -0.39 is 0 Å². The first-order chi connectivity index (χ1) is 9.74. The van der Waals surface area contributed by atoms with E-state index in [1.54, 1.807) is 0 Å². The number of nitrogens with zero attached hydrogens (tertiary/aromatic N) is 3. The summed E-state index contributed by atoms with van der Waals surface area (Å²) in [6, 6.07) is 8.71. The molecule has 1 fully saturated rings. The van der Waals surface area contributed by atoms with Crippen LogP contribution in [0.25, 0.3) is 11.5 Å². The highest BCUT2D eigenvalue weighted by atomic mass is 16.5. The third-order valence-electron chi connectivity index (χ3n) is 3.81. The van der Waals surface area contributed by atoms with Gasteiger partial charge in [-0.05, 0) is 32.5 Å². The number of hydrogen-bond donors (Lipinski definition) is 1. The lowest BCUT2D eigenvalue weighted by atomic mass is 10.1. The van der Waals surface area contributed by atoms with Gasteiger partial charge in [-0.2, -0.15) is 4.98 Å². The fourth-order valence-corrected chi connectivity index (χ4v) is 2.54. The lowest BCUT2D eigenvalue weighted by Gasteiger charge is -2.12. The van der Waals surface area contributed by atoms with Gasteiger partial charge in [-0.1, -0.05) is 22.9 Å². The second-order valence-corrected chi connectivity index (χ2v) is 5.39. The van der Waals surface area contributed by atoms with Crippen LogP contribution in [-0.4, -0.2) is 41.2 Å². The summed E-state index contributed by atoms with van der Waals surface area (Å²) in [6.07, 6.45) is 1.18. The maximum absolute atomic E-state index is 5.35. The van der Waals surface area contributed by atoms with E-state index in [-0.39, 0.29) is 0 Å². The molecule has 1 atom stereocenters. The van der Waals surface area contributed by atoms with Crippen molar-refractivity contribution in [3.05, 3.63) is 35.7 Å². The average Bonchev–Trinajstić information content (AvgIpc) is 3.09. The highest BCUT2D eigenvalue weighted by Crippen LogP contribution is 2.19. The smallest absolute Gasteiger partial charge is 0.257 e. The molecule has 1 unspecified atom stereocenters. The van der Waals surface area contributed by atoms with Gasteiger partial charge < -0.3 is 9.84 Å². The zero-order chi connectivity index (χ0) is 13.9. The van der Waals surface area contributed by atoms with Crippen LogP contribution >= 0.6 is 0 Å². The zero-order valence-electron chi connectivity index (χ0n) is 12.0. The molecule has 20 heavy (non-hydrogen) atoms. The Labute approximate surface area is 119 Å². The molecule has 1 aliphatic rings. The molecule has 5 heteroatoms. The molecule has 0 aliphatic carbocycles. The van der Waals surface area contributed by atoms with Crippen molar-refractivity contribution >= 4 is 0 Å². The summed E-state index contributed by atoms with van der Waals surface area (Å²) in [6.45, 7) is 4.95. The van der Waals surface area contributed by atoms with Crippen LogP contribution in [-0.2, 0) is 6.54 Å². The topological polar surface area (TPSA) is 54.2 Å². The predicted molar refractivity (Wildman–Crippen MR) is 77.2 cm³/mol. The second kappa shape index (κ2) is 5.73. The predicted octanol–water partition coefficient (Wildman–Crippen LogP) is 1.84. The molecule has 1 aliphatic heterocycles. The average molecular weight is 272 g/mol. The van der Waals surface area contributed by atoms with Crippen LogP contribution in [0.2, 0.25) is 0 Å². The molecule has 106 valence electrons. The first kappa shape index (κ1) is 13.3. The Morgan fingerprint density at radius 2 is 2.15 bits per heavy atom. The summed E-state index contributed by atoms with van der Waals surface area (Å²) >= 11 is 0. The van der Waals surface area contributed by atoms with Crippen molar-refractivity contribution in [3.63, 3.8) is 0 Å². The molecule has 0 bridgehead atoms. The van der Waals surface area contributed by atoms with E-state index in [4.69, 9.17) is 4.52 Å². The van der Waals surface area contributed by atoms with Crippen molar-refractivity contribution in [2.24, 2.45) is 0 Å². The molecule has 5 nitrogen and oxygen atoms in total. The summed E-state index contributed by atoms with van der Waals surface area (Å²) in [7, 11) is 2.01. The van der Waals surface area contributed by atoms with Gasteiger partial charge in [0.1, 0.15) is 0 Å². The summed E-state index contributed by atoms with van der Waals surface area (Å²) in [4.78, 5) is 6.84. The van der Waals surface area contributed by atoms with Crippen molar-refractivity contribution in [3.8, 4) is 11.5 Å². The van der Waals surface area contributed by atoms with Gasteiger partial charge in [-0.15, -0.1) is 0 Å². The SMILES string of the molecule is CNC1CCN(Cc2noc(-c3ccc(C)cc3)n2)C1. The summed E-state index contributed by atoms with van der Waals surface area (Å²) in [5.74, 6) is 1.36. The Balaban J connectivity index is 1.66. The van der Waals surface area contributed by atoms with Gasteiger partial charge >= 0.3 is 0 Å². The summed E-state index contributed by atoms with van der Waals surface area (Å²) in [5.41, 5.74) is 2.20. The molecule has 0 spiro atoms. The molecule has 0 saturated carbocycles. The number of benzene rings is 1. The van der Waals surface area contributed by atoms with Crippen LogP contribution in [0.4, 0.5) is 0 Å². The lowest BCUT2D eigenvalue weighted by Crippen LogP contribution is -2.29. The van der Waals surface area contributed by atoms with Crippen LogP contribution in [0.15, 0.2) is 28.8 Å². The maximum Gasteiger partial charge on any atom is 0.257 e. The van der Waals surface area contributed by atoms with Gasteiger partial charge in [-0.3, -0.25) is 4.90 Å². The van der Waals surface area contributed by atoms with E-state index in [0.29, 0.717) is 11.9 Å². The monoisotopic (exact) mass is 272 g/mol. The van der Waals surface area contributed by atoms with Gasteiger partial charge in [0.25, 0.3) is 5.89 Å². The number of aryl methyl sites for hydroxylation is 1. The number of rotatable bonds is 4. The number of nitrogens with one attached hydrogen (secondary N) is 1. The quantitative estimate of drug-likeness (QED) is 0.920. The number of likely N-dealkylation sites (N-methyl/N-ethyl adjacent to an activating group) is 1. The Morgan fingerprint density at radius 1 is 1.35 bits per heavy atom. The standard InChI is InChI=1S/C15H20N4O/c1-11-3-5-12(6-4-11)15-17-14(18-20-15)10-19-8-7-13(9-19)16-2/h3-6,13,16H,7-10H2,1-2H3. The van der Waals surface area contributed by atoms with E-state index in [2.05, 4.69) is 39.4 Å². The van der Waals surface area contributed by atoms with E-state index in [0.717, 1.165) is 31.0 Å². The third kappa shape index (κ3) is 2.89. The Morgan fingerprint density at radius 3 is 2.85 bits per heavy atom. The number of hydrogen-bond acceptors (Lipinski definition) is 5. The highest BCUT2D eigenvalue weighted by Gasteiger charge is 2.22. The molecule has 0 amide bonds. The van der Waals surface area contributed by atoms with Crippen LogP contribution < -0.4 is 5.32 Å². The van der Waals surface area contributed by atoms with Gasteiger partial charge in [0, 0.05) is 24.7 Å². The van der Waals surface area contributed by atoms with E-state index >= 15 is 0 Å². The molecular weight excluding hydrogens is 252 g/mol. The van der Waals surface area contributed by atoms with Gasteiger partial charge in [0.15, 0.2) is 5.82 Å². The lowest BCUT2D eigenvalue weighted by molar-refractivity contribution is 0.305. The van der Waals surface area contributed by atoms with Crippen LogP contribution in [0.1, 0.15) is 17.8 Å². The number of aromatic nitrogens is 2. The summed E-state index contributed by atoms with van der Waals surface area (Å²) in [5, 5.41) is 7.39. The molecular formula is C15H20N4O. The Kier molecular flexibility index (Phi) is 3.80. The van der Waals surface area contributed by atoms with Crippen molar-refractivity contribution in [1.82, 2.24) is 20.4 Å². The second-order valence-electron chi connectivity index (χ2n) is 5.39. The van der Waals surface area contributed by atoms with E-state index in [1.807, 2.05) is 19.2 Å². The fraction of sp³-hybridized carbons (Fsp3) is 0.467. The maximum atomic E-state index is 5.35. The number of likely N-dealkylation sites (tertiary alicyclic amines) is 1. The molecule has 2 heterocycles. The van der Waals surface area contributed by atoms with Crippen LogP contribution in [0.3, 0.4) is 0 Å². The van der Waals surface area contributed by atoms with E-state index in [1.165, 1.54) is 12.0 Å². The van der Waals surface area contributed by atoms with Crippen LogP contribution in [0, 0.1) is 6.92 Å². The first-order valence-corrected chi connectivity index (χ1v) is 7.04. The van der Waals surface area contributed by atoms with Crippen molar-refractivity contribution in [2.45, 2.75) is 25.9 Å². The third-order valence-corrected chi connectivity index (χ3v) is 3.81. The normalized spacial score (nSPS) is 19.6. The van der Waals surface area contributed by atoms with Gasteiger partial charge in [0.2, 0.25) is 0 Å². The molecule has 3 rings (SSSR count). The van der Waals surface area contributed by atoms with Crippen molar-refractivity contribution in [1.29, 1.82) is 0 Å². The molecule has 1 N–H and O–H groups in total. The van der Waals surface area contributed by atoms with Crippen LogP contribution in [0.5, 0.6) is 0 Å². The summed E-state index contributed by atoms with van der Waals surface area (Å²) < 4.78 is 5.35.